The first-order valence-electron chi connectivity index (χ1n) is 5.42. The van der Waals surface area contributed by atoms with Crippen molar-refractivity contribution < 1.29 is 18.0 Å². The molecule has 0 unspecified atom stereocenters. The molecule has 0 bridgehead atoms. The topological polar surface area (TPSA) is 29.1 Å². The van der Waals surface area contributed by atoms with Crippen molar-refractivity contribution in [2.24, 2.45) is 0 Å². The van der Waals surface area contributed by atoms with Crippen LogP contribution in [0.1, 0.15) is 28.8 Å². The van der Waals surface area contributed by atoms with Gasteiger partial charge in [0.1, 0.15) is 0 Å². The molecule has 0 spiro atoms. The van der Waals surface area contributed by atoms with Gasteiger partial charge in [-0.1, -0.05) is 0 Å². The Balaban J connectivity index is 2.05. The highest BCUT2D eigenvalue weighted by Crippen LogP contribution is 2.26. The van der Waals surface area contributed by atoms with Crippen LogP contribution in [0.3, 0.4) is 0 Å². The molecule has 0 saturated heterocycles. The first-order chi connectivity index (χ1) is 7.96. The minimum atomic E-state index is -4.27. The highest BCUT2D eigenvalue weighted by Gasteiger charge is 2.28. The van der Waals surface area contributed by atoms with Crippen molar-refractivity contribution >= 4 is 11.5 Å². The smallest absolute Gasteiger partial charge is 0.384 e. The molecule has 1 aliphatic rings. The van der Waals surface area contributed by atoms with Gasteiger partial charge in [-0.05, 0) is 30.2 Å². The van der Waals surface area contributed by atoms with Crippen LogP contribution in [-0.2, 0) is 6.42 Å². The van der Waals surface area contributed by atoms with Crippen molar-refractivity contribution in [2.75, 3.05) is 11.9 Å². The number of hydrogen-bond donors (Lipinski definition) is 1. The quantitative estimate of drug-likeness (QED) is 0.826. The van der Waals surface area contributed by atoms with E-state index in [1.165, 1.54) is 0 Å². The lowest BCUT2D eigenvalue weighted by Crippen LogP contribution is -2.11. The van der Waals surface area contributed by atoms with Crippen LogP contribution in [0.15, 0.2) is 18.2 Å². The number of halogens is 3. The van der Waals surface area contributed by atoms with E-state index in [4.69, 9.17) is 0 Å². The molecule has 0 amide bonds. The zero-order chi connectivity index (χ0) is 12.5. The van der Waals surface area contributed by atoms with Crippen LogP contribution in [-0.4, -0.2) is 18.5 Å². The van der Waals surface area contributed by atoms with Gasteiger partial charge in [0.05, 0.1) is 6.42 Å². The SMILES string of the molecule is O=C(CCC(F)(F)F)c1ccc2c(c1)CCN2. The highest BCUT2D eigenvalue weighted by molar-refractivity contribution is 5.96. The van der Waals surface area contributed by atoms with E-state index >= 15 is 0 Å². The number of alkyl halides is 3. The number of fused-ring (bicyclic) bond motifs is 1. The Kier molecular flexibility index (Phi) is 3.09. The molecule has 17 heavy (non-hydrogen) atoms. The van der Waals surface area contributed by atoms with E-state index in [2.05, 4.69) is 5.32 Å². The molecule has 1 heterocycles. The fourth-order valence-corrected chi connectivity index (χ4v) is 1.88. The Morgan fingerprint density at radius 2 is 2.12 bits per heavy atom. The number of ketones is 1. The molecular formula is C12H12F3NO. The number of nitrogens with one attached hydrogen (secondary N) is 1. The van der Waals surface area contributed by atoms with Crippen molar-refractivity contribution in [3.8, 4) is 0 Å². The summed E-state index contributed by atoms with van der Waals surface area (Å²) in [6.07, 6.45) is -4.99. The molecule has 1 aromatic carbocycles. The van der Waals surface area contributed by atoms with Crippen molar-refractivity contribution in [1.82, 2.24) is 0 Å². The maximum atomic E-state index is 12.0. The van der Waals surface area contributed by atoms with Gasteiger partial charge >= 0.3 is 6.18 Å². The lowest BCUT2D eigenvalue weighted by molar-refractivity contribution is -0.133. The summed E-state index contributed by atoms with van der Waals surface area (Å²) in [5.74, 6) is -0.447. The minimum absolute atomic E-state index is 0.372. The van der Waals surface area contributed by atoms with E-state index in [9.17, 15) is 18.0 Å². The third kappa shape index (κ3) is 2.99. The fraction of sp³-hybridized carbons (Fsp3) is 0.417. The molecule has 1 aromatic rings. The second-order valence-electron chi connectivity index (χ2n) is 4.09. The number of carbonyl (C=O) groups is 1. The Morgan fingerprint density at radius 1 is 1.35 bits per heavy atom. The number of hydrogen-bond acceptors (Lipinski definition) is 2. The summed E-state index contributed by atoms with van der Waals surface area (Å²) in [5.41, 5.74) is 2.34. The van der Waals surface area contributed by atoms with Crippen LogP contribution < -0.4 is 5.32 Å². The second-order valence-corrected chi connectivity index (χ2v) is 4.09. The van der Waals surface area contributed by atoms with Gasteiger partial charge in [0.2, 0.25) is 0 Å². The molecule has 0 aromatic heterocycles. The van der Waals surface area contributed by atoms with E-state index in [1.807, 2.05) is 0 Å². The van der Waals surface area contributed by atoms with Crippen molar-refractivity contribution in [2.45, 2.75) is 25.4 Å². The van der Waals surface area contributed by atoms with E-state index in [0.717, 1.165) is 24.2 Å². The molecule has 0 radical (unpaired) electrons. The maximum absolute atomic E-state index is 12.0. The molecule has 2 rings (SSSR count). The number of benzene rings is 1. The Bertz CT molecular complexity index is 440. The normalized spacial score (nSPS) is 14.3. The zero-order valence-electron chi connectivity index (χ0n) is 9.10. The predicted molar refractivity (Wildman–Crippen MR) is 58.3 cm³/mol. The first kappa shape index (κ1) is 12.0. The van der Waals surface area contributed by atoms with E-state index in [1.54, 1.807) is 18.2 Å². The third-order valence-corrected chi connectivity index (χ3v) is 2.77. The number of anilines is 1. The third-order valence-electron chi connectivity index (χ3n) is 2.77. The molecule has 2 nitrogen and oxygen atoms in total. The predicted octanol–water partition coefficient (Wildman–Crippen LogP) is 3.18. The van der Waals surface area contributed by atoms with E-state index in [-0.39, 0.29) is 0 Å². The monoisotopic (exact) mass is 243 g/mol. The van der Waals surface area contributed by atoms with E-state index < -0.39 is 24.8 Å². The summed E-state index contributed by atoms with van der Waals surface area (Å²) in [6, 6.07) is 5.02. The fourth-order valence-electron chi connectivity index (χ4n) is 1.88. The van der Waals surface area contributed by atoms with Crippen molar-refractivity contribution in [1.29, 1.82) is 0 Å². The molecule has 1 N–H and O–H groups in total. The van der Waals surface area contributed by atoms with Crippen LogP contribution in [0.4, 0.5) is 18.9 Å². The molecule has 92 valence electrons. The summed E-state index contributed by atoms with van der Waals surface area (Å²) < 4.78 is 36.0. The van der Waals surface area contributed by atoms with Crippen molar-refractivity contribution in [3.63, 3.8) is 0 Å². The van der Waals surface area contributed by atoms with Gasteiger partial charge in [0.15, 0.2) is 5.78 Å². The van der Waals surface area contributed by atoms with Crippen molar-refractivity contribution in [3.05, 3.63) is 29.3 Å². The Labute approximate surface area is 96.8 Å². The summed E-state index contributed by atoms with van der Waals surface area (Å²) >= 11 is 0. The standard InChI is InChI=1S/C12H12F3NO/c13-12(14,15)5-3-11(17)9-1-2-10-8(7-9)4-6-16-10/h1-2,7,16H,3-6H2. The largest absolute Gasteiger partial charge is 0.389 e. The minimum Gasteiger partial charge on any atom is -0.384 e. The van der Waals surface area contributed by atoms with E-state index in [0.29, 0.717) is 5.56 Å². The molecule has 5 heteroatoms. The lowest BCUT2D eigenvalue weighted by atomic mass is 10.0. The lowest BCUT2D eigenvalue weighted by Gasteiger charge is -2.06. The molecule has 0 fully saturated rings. The summed E-state index contributed by atoms with van der Waals surface area (Å²) in [6.45, 7) is 0.815. The van der Waals surface area contributed by atoms with Gasteiger partial charge in [0.25, 0.3) is 0 Å². The highest BCUT2D eigenvalue weighted by atomic mass is 19.4. The Morgan fingerprint density at radius 3 is 2.82 bits per heavy atom. The number of Topliss-reactive ketones (excluding diaryl/α,β-unsaturated/α-hetero) is 1. The van der Waals surface area contributed by atoms with Crippen LogP contribution >= 0.6 is 0 Å². The second kappa shape index (κ2) is 4.39. The summed E-state index contributed by atoms with van der Waals surface area (Å²) in [5, 5.41) is 3.13. The zero-order valence-corrected chi connectivity index (χ0v) is 9.10. The first-order valence-corrected chi connectivity index (χ1v) is 5.42. The summed E-state index contributed by atoms with van der Waals surface area (Å²) in [7, 11) is 0. The van der Waals surface area contributed by atoms with Gasteiger partial charge in [-0.15, -0.1) is 0 Å². The molecule has 1 aliphatic heterocycles. The average molecular weight is 243 g/mol. The maximum Gasteiger partial charge on any atom is 0.389 e. The molecule has 0 atom stereocenters. The molecule has 0 aliphatic carbocycles. The molecular weight excluding hydrogens is 231 g/mol. The van der Waals surface area contributed by atoms with Gasteiger partial charge in [-0.25, -0.2) is 0 Å². The van der Waals surface area contributed by atoms with Gasteiger partial charge in [-0.3, -0.25) is 4.79 Å². The summed E-state index contributed by atoms with van der Waals surface area (Å²) in [4.78, 5) is 11.6. The Hall–Kier alpha value is -1.52. The van der Waals surface area contributed by atoms with Crippen LogP contribution in [0.5, 0.6) is 0 Å². The van der Waals surface area contributed by atoms with Crippen LogP contribution in [0.25, 0.3) is 0 Å². The van der Waals surface area contributed by atoms with Gasteiger partial charge in [0, 0.05) is 24.2 Å². The van der Waals surface area contributed by atoms with Crippen LogP contribution in [0.2, 0.25) is 0 Å². The molecule has 0 saturated carbocycles. The van der Waals surface area contributed by atoms with Gasteiger partial charge in [-0.2, -0.15) is 13.2 Å². The number of carbonyl (C=O) groups excluding carboxylic acids is 1. The number of rotatable bonds is 3. The van der Waals surface area contributed by atoms with Gasteiger partial charge < -0.3 is 5.32 Å². The average Bonchev–Trinajstić information content (AvgIpc) is 2.71. The van der Waals surface area contributed by atoms with Crippen LogP contribution in [0, 0.1) is 0 Å².